The number of anilines is 1. The minimum Gasteiger partial charge on any atom is -0.480 e. The van der Waals surface area contributed by atoms with Gasteiger partial charge >= 0.3 is 13.6 Å². The van der Waals surface area contributed by atoms with Crippen LogP contribution in [-0.4, -0.2) is 69.2 Å². The standard InChI is InChI=1S/C18H15ClFNO3.C12H14ClNO2.C3H8NO5P/c1-3-10(2)24-16-9-15(14(20)8-13(16)19)21-17(22)11-6-4-5-7-12(11)18(21)23;1-12(2)8-16-14(11(12)15)7-9-5-3-4-6-10(9)13;5-3(6)1-4-2-10(7,8)9/h1,8-10H,4-7H2,2H3;3-6H,7-8H2,1-2H3;4H,1-2H2,(H,5,6)(H2,7,8,9). The fourth-order valence-corrected chi connectivity index (χ4v) is 5.66. The van der Waals surface area contributed by atoms with Gasteiger partial charge in [-0.3, -0.25) is 33.9 Å². The van der Waals surface area contributed by atoms with E-state index in [9.17, 15) is 28.1 Å². The molecule has 1 saturated heterocycles. The number of aliphatic carboxylic acids is 1. The second kappa shape index (κ2) is 17.4. The van der Waals surface area contributed by atoms with E-state index in [2.05, 4.69) is 11.2 Å². The highest BCUT2D eigenvalue weighted by Gasteiger charge is 2.42. The van der Waals surface area contributed by atoms with Gasteiger partial charge in [0.2, 0.25) is 0 Å². The van der Waals surface area contributed by atoms with Gasteiger partial charge < -0.3 is 19.6 Å². The van der Waals surface area contributed by atoms with Crippen LogP contribution in [0.3, 0.4) is 0 Å². The van der Waals surface area contributed by atoms with Gasteiger partial charge in [0.25, 0.3) is 17.7 Å². The van der Waals surface area contributed by atoms with Crippen molar-refractivity contribution in [2.75, 3.05) is 24.3 Å². The summed E-state index contributed by atoms with van der Waals surface area (Å²) in [6, 6.07) is 9.73. The lowest BCUT2D eigenvalue weighted by molar-refractivity contribution is -0.165. The topological polar surface area (TPSA) is 183 Å². The molecule has 1 aliphatic carbocycles. The Kier molecular flexibility index (Phi) is 14.2. The number of benzene rings is 2. The summed E-state index contributed by atoms with van der Waals surface area (Å²) in [6.45, 7) is 5.78. The van der Waals surface area contributed by atoms with Gasteiger partial charge in [-0.1, -0.05) is 47.3 Å². The molecule has 1 fully saturated rings. The average molecular weight is 757 g/mol. The molecule has 50 heavy (non-hydrogen) atoms. The molecule has 1 unspecified atom stereocenters. The van der Waals surface area contributed by atoms with Crippen LogP contribution < -0.4 is 15.0 Å². The summed E-state index contributed by atoms with van der Waals surface area (Å²) in [5, 5.41) is 12.1. The number of hydrogen-bond acceptors (Lipinski definition) is 8. The molecule has 1 atom stereocenters. The van der Waals surface area contributed by atoms with Gasteiger partial charge in [0.05, 0.1) is 42.1 Å². The molecule has 0 bridgehead atoms. The molecule has 2 aliphatic heterocycles. The lowest BCUT2D eigenvalue weighted by atomic mass is 9.93. The van der Waals surface area contributed by atoms with Crippen LogP contribution in [0.1, 0.15) is 52.0 Å². The van der Waals surface area contributed by atoms with E-state index in [-0.39, 0.29) is 22.4 Å². The first-order valence-corrected chi connectivity index (χ1v) is 17.8. The molecule has 3 amide bonds. The molecule has 0 radical (unpaired) electrons. The number of carbonyl (C=O) groups excluding carboxylic acids is 3. The Hall–Kier alpha value is -3.80. The lowest BCUT2D eigenvalue weighted by Crippen LogP contribution is -2.32. The summed E-state index contributed by atoms with van der Waals surface area (Å²) in [5.74, 6) is -0.331. The first-order valence-electron chi connectivity index (χ1n) is 15.2. The fraction of sp³-hybridized carbons (Fsp3) is 0.394. The maximum absolute atomic E-state index is 14.4. The number of carboxylic acids is 1. The molecule has 0 aromatic heterocycles. The number of hydrogen-bond donors (Lipinski definition) is 4. The minimum atomic E-state index is -4.10. The van der Waals surface area contributed by atoms with Crippen molar-refractivity contribution in [3.05, 3.63) is 69.0 Å². The molecule has 3 aliphatic rings. The van der Waals surface area contributed by atoms with E-state index in [0.29, 0.717) is 42.2 Å². The molecule has 2 aromatic rings. The van der Waals surface area contributed by atoms with Crippen LogP contribution in [0, 0.1) is 23.6 Å². The zero-order valence-electron chi connectivity index (χ0n) is 27.5. The second-order valence-electron chi connectivity index (χ2n) is 12.0. The van der Waals surface area contributed by atoms with Crippen molar-refractivity contribution in [2.24, 2.45) is 5.41 Å². The third-order valence-corrected chi connectivity index (χ3v) is 8.72. The van der Waals surface area contributed by atoms with Crippen LogP contribution in [0.4, 0.5) is 10.1 Å². The van der Waals surface area contributed by atoms with Gasteiger partial charge in [-0.05, 0) is 64.2 Å². The number of rotatable bonds is 9. The summed E-state index contributed by atoms with van der Waals surface area (Å²) in [6.07, 6.45) is 6.87. The molecule has 0 spiro atoms. The van der Waals surface area contributed by atoms with Crippen molar-refractivity contribution < 1.29 is 52.6 Å². The Morgan fingerprint density at radius 1 is 1.12 bits per heavy atom. The highest BCUT2D eigenvalue weighted by molar-refractivity contribution is 7.51. The van der Waals surface area contributed by atoms with Crippen molar-refractivity contribution in [2.45, 2.75) is 59.1 Å². The van der Waals surface area contributed by atoms with Gasteiger partial charge in [-0.25, -0.2) is 14.4 Å². The van der Waals surface area contributed by atoms with E-state index in [0.717, 1.165) is 29.4 Å². The van der Waals surface area contributed by atoms with E-state index >= 15 is 0 Å². The maximum atomic E-state index is 14.4. The summed E-state index contributed by atoms with van der Waals surface area (Å²) >= 11 is 12.0. The van der Waals surface area contributed by atoms with Crippen LogP contribution in [-0.2, 0) is 35.1 Å². The monoisotopic (exact) mass is 755 g/mol. The third kappa shape index (κ3) is 10.8. The quantitative estimate of drug-likeness (QED) is 0.153. The first kappa shape index (κ1) is 40.6. The predicted octanol–water partition coefficient (Wildman–Crippen LogP) is 5.06. The van der Waals surface area contributed by atoms with Crippen LogP contribution in [0.2, 0.25) is 10.0 Å². The maximum Gasteiger partial charge on any atom is 0.339 e. The van der Waals surface area contributed by atoms with Crippen LogP contribution >= 0.6 is 30.8 Å². The van der Waals surface area contributed by atoms with Gasteiger partial charge in [0.15, 0.2) is 6.10 Å². The van der Waals surface area contributed by atoms with E-state index in [1.165, 1.54) is 11.1 Å². The Bertz CT molecular complexity index is 1730. The summed E-state index contributed by atoms with van der Waals surface area (Å²) in [7, 11) is -4.10. The number of carbonyl (C=O) groups is 4. The number of carboxylic acid groups (broad SMARTS) is 1. The lowest BCUT2D eigenvalue weighted by Gasteiger charge is -2.19. The molecular weight excluding hydrogens is 719 g/mol. The second-order valence-corrected chi connectivity index (χ2v) is 14.5. The normalized spacial score (nSPS) is 17.3. The number of imide groups is 1. The Morgan fingerprint density at radius 3 is 2.22 bits per heavy atom. The highest BCUT2D eigenvalue weighted by Crippen LogP contribution is 2.40. The Balaban J connectivity index is 0.000000224. The van der Waals surface area contributed by atoms with Gasteiger partial charge in [0, 0.05) is 22.2 Å². The molecule has 13 nitrogen and oxygen atoms in total. The third-order valence-electron chi connectivity index (χ3n) is 7.42. The van der Waals surface area contributed by atoms with Crippen molar-refractivity contribution in [1.29, 1.82) is 0 Å². The molecule has 2 aromatic carbocycles. The van der Waals surface area contributed by atoms with E-state index in [1.54, 1.807) is 6.92 Å². The smallest absolute Gasteiger partial charge is 0.339 e. The van der Waals surface area contributed by atoms with E-state index in [1.807, 2.05) is 38.1 Å². The number of terminal acetylenes is 1. The van der Waals surface area contributed by atoms with Crippen molar-refractivity contribution in [1.82, 2.24) is 10.4 Å². The SMILES string of the molecule is C#CC(C)Oc1cc(N2C(=O)C3=C(CCCC3)C2=O)c(F)cc1Cl.CC1(C)CON(Cc2ccccc2Cl)C1=O.O=C(O)CNCP(=O)(O)O. The summed E-state index contributed by atoms with van der Waals surface area (Å²) in [5.41, 5.74) is 1.28. The number of halogens is 3. The van der Waals surface area contributed by atoms with E-state index < -0.39 is 55.5 Å². The molecule has 0 saturated carbocycles. The fourth-order valence-electron chi connectivity index (χ4n) is 4.87. The van der Waals surface area contributed by atoms with Crippen molar-refractivity contribution in [3.8, 4) is 18.1 Å². The molecule has 17 heteroatoms. The number of ether oxygens (including phenoxy) is 1. The van der Waals surface area contributed by atoms with E-state index in [4.69, 9.17) is 54.1 Å². The number of amides is 3. The zero-order valence-corrected chi connectivity index (χ0v) is 29.9. The van der Waals surface area contributed by atoms with Crippen LogP contribution in [0.15, 0.2) is 47.5 Å². The molecular formula is C33H37Cl2FN3O10P. The van der Waals surface area contributed by atoms with Crippen molar-refractivity contribution >= 4 is 60.2 Å². The minimum absolute atomic E-state index is 0.00687. The summed E-state index contributed by atoms with van der Waals surface area (Å²) in [4.78, 5) is 69.4. The molecule has 2 heterocycles. The number of nitrogens with one attached hydrogen (secondary N) is 1. The van der Waals surface area contributed by atoms with Gasteiger partial charge in [-0.15, -0.1) is 6.42 Å². The summed E-state index contributed by atoms with van der Waals surface area (Å²) < 4.78 is 29.9. The number of nitrogens with zero attached hydrogens (tertiary/aromatic N) is 2. The first-order chi connectivity index (χ1) is 23.4. The van der Waals surface area contributed by atoms with Gasteiger partial charge in [0.1, 0.15) is 11.6 Å². The van der Waals surface area contributed by atoms with Gasteiger partial charge in [-0.2, -0.15) is 0 Å². The molecule has 5 rings (SSSR count). The molecule has 270 valence electrons. The predicted molar refractivity (Wildman–Crippen MR) is 183 cm³/mol. The highest BCUT2D eigenvalue weighted by atomic mass is 35.5. The largest absolute Gasteiger partial charge is 0.480 e. The van der Waals surface area contributed by atoms with Crippen molar-refractivity contribution in [3.63, 3.8) is 0 Å². The Morgan fingerprint density at radius 2 is 1.72 bits per heavy atom. The Labute approximate surface area is 298 Å². The molecule has 4 N–H and O–H groups in total. The van der Waals surface area contributed by atoms with Crippen LogP contribution in [0.5, 0.6) is 5.75 Å². The average Bonchev–Trinajstić information content (AvgIpc) is 3.45. The number of hydroxylamine groups is 2. The zero-order chi connectivity index (χ0) is 37.4. The van der Waals surface area contributed by atoms with Crippen LogP contribution in [0.25, 0.3) is 0 Å².